The maximum absolute atomic E-state index is 6.37. The van der Waals surface area contributed by atoms with Crippen molar-refractivity contribution in [2.24, 2.45) is 17.6 Å². The highest BCUT2D eigenvalue weighted by Gasteiger charge is 2.23. The van der Waals surface area contributed by atoms with Crippen LogP contribution in [0.2, 0.25) is 0 Å². The third-order valence-electron chi connectivity index (χ3n) is 4.65. The Kier molecular flexibility index (Phi) is 6.07. The minimum Gasteiger partial charge on any atom is -0.494 e. The van der Waals surface area contributed by atoms with Crippen molar-refractivity contribution in [1.82, 2.24) is 4.90 Å². The van der Waals surface area contributed by atoms with Gasteiger partial charge >= 0.3 is 0 Å². The van der Waals surface area contributed by atoms with Crippen LogP contribution < -0.4 is 10.5 Å². The Morgan fingerprint density at radius 2 is 1.95 bits per heavy atom. The summed E-state index contributed by atoms with van der Waals surface area (Å²) in [5, 5.41) is 0. The van der Waals surface area contributed by atoms with Gasteiger partial charge in [0.2, 0.25) is 0 Å². The summed E-state index contributed by atoms with van der Waals surface area (Å²) >= 11 is 0. The summed E-state index contributed by atoms with van der Waals surface area (Å²) in [6, 6.07) is 8.36. The van der Waals surface area contributed by atoms with E-state index in [0.717, 1.165) is 37.2 Å². The fraction of sp³-hybridized carbons (Fsp3) is 0.667. The zero-order valence-electron chi connectivity index (χ0n) is 13.7. The monoisotopic (exact) mass is 290 g/mol. The fourth-order valence-electron chi connectivity index (χ4n) is 2.93. The van der Waals surface area contributed by atoms with Gasteiger partial charge in [0, 0.05) is 19.1 Å². The number of piperidine rings is 1. The summed E-state index contributed by atoms with van der Waals surface area (Å²) in [4.78, 5) is 2.51. The van der Waals surface area contributed by atoms with Crippen molar-refractivity contribution in [3.63, 3.8) is 0 Å². The van der Waals surface area contributed by atoms with E-state index in [2.05, 4.69) is 37.8 Å². The van der Waals surface area contributed by atoms with E-state index >= 15 is 0 Å². The topological polar surface area (TPSA) is 38.5 Å². The molecule has 1 aliphatic rings. The smallest absolute Gasteiger partial charge is 0.119 e. The molecule has 118 valence electrons. The Morgan fingerprint density at radius 1 is 1.24 bits per heavy atom. The molecule has 3 nitrogen and oxygen atoms in total. The molecule has 3 heteroatoms. The number of benzene rings is 1. The average Bonchev–Trinajstić information content (AvgIpc) is 2.49. The van der Waals surface area contributed by atoms with Crippen LogP contribution in [0.25, 0.3) is 0 Å². The van der Waals surface area contributed by atoms with Gasteiger partial charge in [-0.2, -0.15) is 0 Å². The standard InChI is InChI=1S/C18H30N2O/c1-4-11-21-17-7-5-16(6-8-17)18(19)13-20-10-9-14(2)15(3)12-20/h5-8,14-15,18H,4,9-13,19H2,1-3H3. The molecule has 0 spiro atoms. The molecule has 0 bridgehead atoms. The second kappa shape index (κ2) is 7.81. The van der Waals surface area contributed by atoms with Gasteiger partial charge in [-0.25, -0.2) is 0 Å². The highest BCUT2D eigenvalue weighted by atomic mass is 16.5. The summed E-state index contributed by atoms with van der Waals surface area (Å²) in [5.41, 5.74) is 7.57. The van der Waals surface area contributed by atoms with Crippen molar-refractivity contribution >= 4 is 0 Å². The number of hydrogen-bond donors (Lipinski definition) is 1. The van der Waals surface area contributed by atoms with Crippen LogP contribution in [-0.4, -0.2) is 31.1 Å². The molecule has 0 aliphatic carbocycles. The zero-order chi connectivity index (χ0) is 15.2. The predicted octanol–water partition coefficient (Wildman–Crippen LogP) is 3.45. The van der Waals surface area contributed by atoms with Crippen molar-refractivity contribution in [3.8, 4) is 5.75 Å². The fourth-order valence-corrected chi connectivity index (χ4v) is 2.93. The van der Waals surface area contributed by atoms with Gasteiger partial charge in [-0.05, 0) is 48.9 Å². The van der Waals surface area contributed by atoms with Crippen LogP contribution in [0.15, 0.2) is 24.3 Å². The van der Waals surface area contributed by atoms with Crippen LogP contribution in [0.1, 0.15) is 45.2 Å². The number of rotatable bonds is 6. The molecule has 2 N–H and O–H groups in total. The molecular formula is C18H30N2O. The quantitative estimate of drug-likeness (QED) is 0.872. The maximum Gasteiger partial charge on any atom is 0.119 e. The van der Waals surface area contributed by atoms with Crippen LogP contribution >= 0.6 is 0 Å². The van der Waals surface area contributed by atoms with Crippen molar-refractivity contribution in [2.45, 2.75) is 39.7 Å². The summed E-state index contributed by atoms with van der Waals surface area (Å²) in [7, 11) is 0. The predicted molar refractivity (Wildman–Crippen MR) is 88.5 cm³/mol. The van der Waals surface area contributed by atoms with Gasteiger partial charge in [-0.1, -0.05) is 32.9 Å². The van der Waals surface area contributed by atoms with E-state index in [9.17, 15) is 0 Å². The lowest BCUT2D eigenvalue weighted by atomic mass is 9.88. The third kappa shape index (κ3) is 4.72. The molecule has 1 heterocycles. The van der Waals surface area contributed by atoms with Crippen LogP contribution in [0.5, 0.6) is 5.75 Å². The summed E-state index contributed by atoms with van der Waals surface area (Å²) in [5.74, 6) is 2.55. The normalized spacial score (nSPS) is 24.8. The average molecular weight is 290 g/mol. The van der Waals surface area contributed by atoms with Crippen molar-refractivity contribution in [2.75, 3.05) is 26.2 Å². The van der Waals surface area contributed by atoms with Crippen LogP contribution in [0.4, 0.5) is 0 Å². The number of nitrogens with zero attached hydrogens (tertiary/aromatic N) is 1. The molecule has 1 aromatic carbocycles. The Hall–Kier alpha value is -1.06. The van der Waals surface area contributed by atoms with Crippen molar-refractivity contribution in [3.05, 3.63) is 29.8 Å². The van der Waals surface area contributed by atoms with Crippen LogP contribution in [-0.2, 0) is 0 Å². The molecule has 2 rings (SSSR count). The Labute approximate surface area is 129 Å². The number of ether oxygens (including phenoxy) is 1. The Balaban J connectivity index is 1.86. The number of hydrogen-bond acceptors (Lipinski definition) is 3. The first kappa shape index (κ1) is 16.3. The van der Waals surface area contributed by atoms with E-state index in [1.807, 2.05) is 12.1 Å². The SMILES string of the molecule is CCCOc1ccc(C(N)CN2CCC(C)C(C)C2)cc1. The molecule has 0 saturated carbocycles. The first-order valence-corrected chi connectivity index (χ1v) is 8.30. The second-order valence-corrected chi connectivity index (χ2v) is 6.53. The molecule has 1 saturated heterocycles. The van der Waals surface area contributed by atoms with Crippen molar-refractivity contribution < 1.29 is 4.74 Å². The van der Waals surface area contributed by atoms with Gasteiger partial charge in [0.1, 0.15) is 5.75 Å². The Bertz CT molecular complexity index is 418. The Morgan fingerprint density at radius 3 is 2.57 bits per heavy atom. The van der Waals surface area contributed by atoms with Gasteiger partial charge in [0.05, 0.1) is 6.61 Å². The molecular weight excluding hydrogens is 260 g/mol. The van der Waals surface area contributed by atoms with Gasteiger partial charge in [-0.3, -0.25) is 0 Å². The van der Waals surface area contributed by atoms with Crippen LogP contribution in [0.3, 0.4) is 0 Å². The molecule has 0 aromatic heterocycles. The van der Waals surface area contributed by atoms with Crippen LogP contribution in [0, 0.1) is 11.8 Å². The summed E-state index contributed by atoms with van der Waals surface area (Å²) < 4.78 is 5.61. The molecule has 0 radical (unpaired) electrons. The lowest BCUT2D eigenvalue weighted by molar-refractivity contribution is 0.132. The maximum atomic E-state index is 6.37. The van der Waals surface area contributed by atoms with E-state index in [4.69, 9.17) is 10.5 Å². The van der Waals surface area contributed by atoms with Crippen molar-refractivity contribution in [1.29, 1.82) is 0 Å². The molecule has 1 aliphatic heterocycles. The van der Waals surface area contributed by atoms with Gasteiger partial charge in [0.15, 0.2) is 0 Å². The zero-order valence-corrected chi connectivity index (χ0v) is 13.7. The molecule has 1 fully saturated rings. The summed E-state index contributed by atoms with van der Waals surface area (Å²) in [6.45, 7) is 10.9. The van der Waals surface area contributed by atoms with Gasteiger partial charge in [0.25, 0.3) is 0 Å². The molecule has 0 amide bonds. The molecule has 1 aromatic rings. The number of nitrogens with two attached hydrogens (primary N) is 1. The van der Waals surface area contributed by atoms with Gasteiger partial charge in [-0.15, -0.1) is 0 Å². The highest BCUT2D eigenvalue weighted by molar-refractivity contribution is 5.29. The van der Waals surface area contributed by atoms with E-state index in [-0.39, 0.29) is 6.04 Å². The molecule has 3 atom stereocenters. The lowest BCUT2D eigenvalue weighted by Gasteiger charge is -2.36. The first-order valence-electron chi connectivity index (χ1n) is 8.30. The largest absolute Gasteiger partial charge is 0.494 e. The summed E-state index contributed by atoms with van der Waals surface area (Å²) in [6.07, 6.45) is 2.32. The van der Waals surface area contributed by atoms with E-state index in [1.165, 1.54) is 25.1 Å². The first-order chi connectivity index (χ1) is 10.1. The minimum atomic E-state index is 0.0887. The lowest BCUT2D eigenvalue weighted by Crippen LogP contribution is -2.41. The number of likely N-dealkylation sites (tertiary alicyclic amines) is 1. The second-order valence-electron chi connectivity index (χ2n) is 6.53. The van der Waals surface area contributed by atoms with E-state index < -0.39 is 0 Å². The molecule has 3 unspecified atom stereocenters. The minimum absolute atomic E-state index is 0.0887. The van der Waals surface area contributed by atoms with E-state index in [0.29, 0.717) is 0 Å². The van der Waals surface area contributed by atoms with Gasteiger partial charge < -0.3 is 15.4 Å². The highest BCUT2D eigenvalue weighted by Crippen LogP contribution is 2.24. The molecule has 21 heavy (non-hydrogen) atoms. The third-order valence-corrected chi connectivity index (χ3v) is 4.65. The van der Waals surface area contributed by atoms with E-state index in [1.54, 1.807) is 0 Å².